The Kier molecular flexibility index (Phi) is 5.31. The molecule has 0 spiro atoms. The van der Waals surface area contributed by atoms with E-state index >= 15 is 0 Å². The molecule has 5 rings (SSSR count). The van der Waals surface area contributed by atoms with Crippen molar-refractivity contribution in [1.29, 1.82) is 0 Å². The Morgan fingerprint density at radius 1 is 1.10 bits per heavy atom. The molecule has 0 saturated carbocycles. The molecule has 2 aliphatic heterocycles. The van der Waals surface area contributed by atoms with Crippen molar-refractivity contribution in [2.75, 3.05) is 37.6 Å². The predicted molar refractivity (Wildman–Crippen MR) is 119 cm³/mol. The molecule has 156 valence electrons. The Balaban J connectivity index is 1.31. The van der Waals surface area contributed by atoms with E-state index in [0.29, 0.717) is 17.5 Å². The van der Waals surface area contributed by atoms with Crippen molar-refractivity contribution in [2.24, 2.45) is 0 Å². The molecule has 4 heterocycles. The standard InChI is InChI=1S/C22H25ClN6O/c23-17-14-25-20(13-16(17)22-26-18-3-1-2-4-19(18)27-22)29-9-5-15(6-10-29)28-11-7-21(30)24-8-12-28/h1-4,13-15H,5-12H2,(H,24,30)(H,26,27). The number of anilines is 1. The molecule has 3 aromatic rings. The summed E-state index contributed by atoms with van der Waals surface area (Å²) in [6, 6.07) is 10.5. The molecule has 0 radical (unpaired) electrons. The smallest absolute Gasteiger partial charge is 0.221 e. The zero-order valence-electron chi connectivity index (χ0n) is 16.8. The molecule has 8 heteroatoms. The van der Waals surface area contributed by atoms with Crippen LogP contribution >= 0.6 is 11.6 Å². The molecule has 30 heavy (non-hydrogen) atoms. The summed E-state index contributed by atoms with van der Waals surface area (Å²) < 4.78 is 0. The van der Waals surface area contributed by atoms with E-state index in [2.05, 4.69) is 25.1 Å². The van der Waals surface area contributed by atoms with E-state index in [1.807, 2.05) is 30.3 Å². The van der Waals surface area contributed by atoms with Gasteiger partial charge in [-0.3, -0.25) is 9.69 Å². The van der Waals surface area contributed by atoms with Crippen molar-refractivity contribution < 1.29 is 4.79 Å². The first-order valence-corrected chi connectivity index (χ1v) is 10.9. The molecule has 0 aliphatic carbocycles. The first-order valence-electron chi connectivity index (χ1n) is 10.5. The van der Waals surface area contributed by atoms with Gasteiger partial charge < -0.3 is 15.2 Å². The molecule has 1 aromatic carbocycles. The van der Waals surface area contributed by atoms with Gasteiger partial charge in [0.15, 0.2) is 0 Å². The minimum absolute atomic E-state index is 0.165. The Labute approximate surface area is 180 Å². The average molecular weight is 425 g/mol. The van der Waals surface area contributed by atoms with Gasteiger partial charge in [-0.2, -0.15) is 0 Å². The lowest BCUT2D eigenvalue weighted by molar-refractivity contribution is -0.120. The largest absolute Gasteiger partial charge is 0.356 e. The number of imidazole rings is 1. The molecule has 1 amide bonds. The van der Waals surface area contributed by atoms with Crippen LogP contribution < -0.4 is 10.2 Å². The highest BCUT2D eigenvalue weighted by molar-refractivity contribution is 6.33. The Hall–Kier alpha value is -2.64. The quantitative estimate of drug-likeness (QED) is 0.675. The molecule has 2 aromatic heterocycles. The zero-order valence-corrected chi connectivity index (χ0v) is 17.5. The predicted octanol–water partition coefficient (Wildman–Crippen LogP) is 3.07. The van der Waals surface area contributed by atoms with Gasteiger partial charge in [0.25, 0.3) is 0 Å². The third-order valence-corrected chi connectivity index (χ3v) is 6.44. The number of carbonyl (C=O) groups excluding carboxylic acids is 1. The van der Waals surface area contributed by atoms with Gasteiger partial charge in [0.1, 0.15) is 11.6 Å². The first kappa shape index (κ1) is 19.3. The highest BCUT2D eigenvalue weighted by atomic mass is 35.5. The van der Waals surface area contributed by atoms with Gasteiger partial charge in [0.05, 0.1) is 16.1 Å². The SMILES string of the molecule is O=C1CCN(C2CCN(c3cc(-c4nc5ccccc5[nH]4)c(Cl)cn3)CC2)CCN1. The van der Waals surface area contributed by atoms with Crippen molar-refractivity contribution in [1.82, 2.24) is 25.2 Å². The number of amides is 1. The summed E-state index contributed by atoms with van der Waals surface area (Å²) in [5.74, 6) is 1.86. The highest BCUT2D eigenvalue weighted by Crippen LogP contribution is 2.31. The number of piperidine rings is 1. The molecule has 2 aliphatic rings. The van der Waals surface area contributed by atoms with E-state index in [4.69, 9.17) is 16.6 Å². The normalized spacial score (nSPS) is 19.1. The fourth-order valence-corrected chi connectivity index (χ4v) is 4.66. The number of halogens is 1. The summed E-state index contributed by atoms with van der Waals surface area (Å²) in [7, 11) is 0. The number of benzene rings is 1. The third-order valence-electron chi connectivity index (χ3n) is 6.14. The maximum atomic E-state index is 11.6. The maximum absolute atomic E-state index is 11.6. The molecule has 7 nitrogen and oxygen atoms in total. The number of nitrogens with one attached hydrogen (secondary N) is 2. The first-order chi connectivity index (χ1) is 14.7. The fraction of sp³-hybridized carbons (Fsp3) is 0.409. The van der Waals surface area contributed by atoms with Crippen LogP contribution in [0.2, 0.25) is 5.02 Å². The van der Waals surface area contributed by atoms with Gasteiger partial charge in [-0.15, -0.1) is 0 Å². The third kappa shape index (κ3) is 3.87. The van der Waals surface area contributed by atoms with Crippen molar-refractivity contribution in [3.05, 3.63) is 41.6 Å². The second kappa shape index (κ2) is 8.24. The summed E-state index contributed by atoms with van der Waals surface area (Å²) in [6.07, 6.45) is 4.45. The summed E-state index contributed by atoms with van der Waals surface area (Å²) in [6.45, 7) is 4.42. The summed E-state index contributed by atoms with van der Waals surface area (Å²) in [4.78, 5) is 29.0. The van der Waals surface area contributed by atoms with E-state index in [1.54, 1.807) is 6.20 Å². The van der Waals surface area contributed by atoms with Crippen LogP contribution in [0.25, 0.3) is 22.4 Å². The summed E-state index contributed by atoms with van der Waals surface area (Å²) in [5.41, 5.74) is 2.79. The van der Waals surface area contributed by atoms with Crippen LogP contribution in [0.15, 0.2) is 36.5 Å². The van der Waals surface area contributed by atoms with Crippen LogP contribution in [-0.2, 0) is 4.79 Å². The van der Waals surface area contributed by atoms with Crippen LogP contribution in [0.4, 0.5) is 5.82 Å². The number of aromatic amines is 1. The average Bonchev–Trinajstić information content (AvgIpc) is 3.09. The molecule has 2 N–H and O–H groups in total. The van der Waals surface area contributed by atoms with Gasteiger partial charge in [-0.25, -0.2) is 9.97 Å². The number of pyridine rings is 1. The number of rotatable bonds is 3. The van der Waals surface area contributed by atoms with Crippen LogP contribution in [0.5, 0.6) is 0 Å². The van der Waals surface area contributed by atoms with E-state index < -0.39 is 0 Å². The number of nitrogens with zero attached hydrogens (tertiary/aromatic N) is 4. The molecule has 0 bridgehead atoms. The van der Waals surface area contributed by atoms with Crippen molar-refractivity contribution in [3.8, 4) is 11.4 Å². The van der Waals surface area contributed by atoms with E-state index in [0.717, 1.165) is 73.8 Å². The lowest BCUT2D eigenvalue weighted by Crippen LogP contribution is -2.46. The number of fused-ring (bicyclic) bond motifs is 1. The van der Waals surface area contributed by atoms with E-state index in [-0.39, 0.29) is 5.91 Å². The molecule has 0 unspecified atom stereocenters. The van der Waals surface area contributed by atoms with Gasteiger partial charge in [0, 0.05) is 56.9 Å². The van der Waals surface area contributed by atoms with Gasteiger partial charge in [-0.05, 0) is 31.0 Å². The lowest BCUT2D eigenvalue weighted by Gasteiger charge is -2.38. The number of carbonyl (C=O) groups is 1. The Morgan fingerprint density at radius 3 is 2.77 bits per heavy atom. The molecular formula is C22H25ClN6O. The highest BCUT2D eigenvalue weighted by Gasteiger charge is 2.27. The number of aromatic nitrogens is 3. The second-order valence-electron chi connectivity index (χ2n) is 7.98. The molecular weight excluding hydrogens is 400 g/mol. The topological polar surface area (TPSA) is 77.2 Å². The number of hydrogen-bond donors (Lipinski definition) is 2. The number of hydrogen-bond acceptors (Lipinski definition) is 5. The lowest BCUT2D eigenvalue weighted by atomic mass is 10.0. The molecule has 2 fully saturated rings. The van der Waals surface area contributed by atoms with Crippen LogP contribution in [0.3, 0.4) is 0 Å². The monoisotopic (exact) mass is 424 g/mol. The van der Waals surface area contributed by atoms with Gasteiger partial charge in [-0.1, -0.05) is 23.7 Å². The number of H-pyrrole nitrogens is 1. The summed E-state index contributed by atoms with van der Waals surface area (Å²) in [5, 5.41) is 3.55. The maximum Gasteiger partial charge on any atom is 0.221 e. The van der Waals surface area contributed by atoms with Crippen LogP contribution in [0.1, 0.15) is 19.3 Å². The minimum atomic E-state index is 0.165. The van der Waals surface area contributed by atoms with E-state index in [1.165, 1.54) is 0 Å². The van der Waals surface area contributed by atoms with Crippen molar-refractivity contribution in [3.63, 3.8) is 0 Å². The molecule has 2 saturated heterocycles. The van der Waals surface area contributed by atoms with Crippen LogP contribution in [-0.4, -0.2) is 64.5 Å². The minimum Gasteiger partial charge on any atom is -0.356 e. The zero-order chi connectivity index (χ0) is 20.5. The van der Waals surface area contributed by atoms with E-state index in [9.17, 15) is 4.79 Å². The second-order valence-corrected chi connectivity index (χ2v) is 8.39. The summed E-state index contributed by atoms with van der Waals surface area (Å²) >= 11 is 6.47. The number of para-hydroxylation sites is 2. The van der Waals surface area contributed by atoms with Crippen molar-refractivity contribution in [2.45, 2.75) is 25.3 Å². The Bertz CT molecular complexity index is 1030. The van der Waals surface area contributed by atoms with Gasteiger partial charge >= 0.3 is 0 Å². The Morgan fingerprint density at radius 2 is 1.93 bits per heavy atom. The van der Waals surface area contributed by atoms with Crippen molar-refractivity contribution >= 4 is 34.4 Å². The van der Waals surface area contributed by atoms with Gasteiger partial charge in [0.2, 0.25) is 5.91 Å². The van der Waals surface area contributed by atoms with Crippen LogP contribution in [0, 0.1) is 0 Å². The molecule has 0 atom stereocenters. The fourth-order valence-electron chi connectivity index (χ4n) is 4.47.